The maximum atomic E-state index is 10.6. The van der Waals surface area contributed by atoms with Crippen LogP contribution in [0.3, 0.4) is 0 Å². The van der Waals surface area contributed by atoms with Crippen LogP contribution < -0.4 is 0 Å². The van der Waals surface area contributed by atoms with Crippen LogP contribution in [0.1, 0.15) is 11.1 Å². The molecule has 0 fully saturated rings. The number of hydrogen-bond donors (Lipinski definition) is 0. The molecule has 0 saturated heterocycles. The van der Waals surface area contributed by atoms with E-state index in [1.165, 1.54) is 0 Å². The third-order valence-corrected chi connectivity index (χ3v) is 9.62. The number of para-hydroxylation sites is 3. The van der Waals surface area contributed by atoms with Crippen molar-refractivity contribution in [1.82, 2.24) is 9.13 Å². The van der Waals surface area contributed by atoms with Gasteiger partial charge in [0.1, 0.15) is 6.07 Å². The Labute approximate surface area is 288 Å². The summed E-state index contributed by atoms with van der Waals surface area (Å²) in [7, 11) is 0. The molecule has 0 saturated carbocycles. The van der Waals surface area contributed by atoms with Gasteiger partial charge in [-0.25, -0.2) is 4.85 Å². The number of hydrogen-bond acceptors (Lipinski definition) is 2. The van der Waals surface area contributed by atoms with Gasteiger partial charge in [0, 0.05) is 32.6 Å². The molecule has 0 bridgehead atoms. The van der Waals surface area contributed by atoms with Crippen LogP contribution in [-0.4, -0.2) is 9.13 Å². The zero-order valence-corrected chi connectivity index (χ0v) is 26.7. The summed E-state index contributed by atoms with van der Waals surface area (Å²) in [6, 6.07) is 55.6. The lowest BCUT2D eigenvalue weighted by molar-refractivity contribution is 1.17. The van der Waals surface area contributed by atoms with E-state index in [0.717, 1.165) is 77.2 Å². The highest BCUT2D eigenvalue weighted by molar-refractivity contribution is 6.11. The van der Waals surface area contributed by atoms with E-state index < -0.39 is 0 Å². The molecule has 0 N–H and O–H groups in total. The molecule has 0 radical (unpaired) electrons. The Morgan fingerprint density at radius 2 is 1.08 bits per heavy atom. The normalized spacial score (nSPS) is 11.1. The fourth-order valence-corrected chi connectivity index (χ4v) is 7.44. The molecule has 0 aliphatic carbocycles. The second kappa shape index (κ2) is 11.4. The number of fused-ring (bicyclic) bond motifs is 6. The van der Waals surface area contributed by atoms with E-state index in [2.05, 4.69) is 105 Å². The first-order valence-corrected chi connectivity index (χ1v) is 16.3. The Morgan fingerprint density at radius 1 is 0.460 bits per heavy atom. The zero-order valence-electron chi connectivity index (χ0n) is 26.7. The Kier molecular flexibility index (Phi) is 6.56. The van der Waals surface area contributed by atoms with Crippen molar-refractivity contribution in [3.05, 3.63) is 174 Å². The molecule has 2 aromatic heterocycles. The van der Waals surface area contributed by atoms with Gasteiger partial charge in [-0.1, -0.05) is 97.1 Å². The average molecular weight is 636 g/mol. The molecule has 0 aliphatic heterocycles. The highest BCUT2D eigenvalue weighted by Gasteiger charge is 2.20. The lowest BCUT2D eigenvalue weighted by Crippen LogP contribution is -1.99. The van der Waals surface area contributed by atoms with Crippen molar-refractivity contribution >= 4 is 49.3 Å². The Balaban J connectivity index is 1.25. The number of rotatable bonds is 4. The molecule has 9 aromatic rings. The molecule has 7 aromatic carbocycles. The summed E-state index contributed by atoms with van der Waals surface area (Å²) in [5, 5.41) is 24.4. The topological polar surface area (TPSA) is 61.8 Å². The van der Waals surface area contributed by atoms with Crippen molar-refractivity contribution in [2.75, 3.05) is 0 Å². The third-order valence-electron chi connectivity index (χ3n) is 9.62. The van der Waals surface area contributed by atoms with Crippen LogP contribution in [0.4, 0.5) is 5.69 Å². The average Bonchev–Trinajstić information content (AvgIpc) is 3.69. The zero-order chi connectivity index (χ0) is 33.8. The minimum atomic E-state index is 0.548. The second-order valence-electron chi connectivity index (χ2n) is 12.3. The molecular formula is C45H25N5. The molecule has 0 aliphatic rings. The molecule has 0 amide bonds. The van der Waals surface area contributed by atoms with Crippen molar-refractivity contribution in [3.8, 4) is 45.8 Å². The van der Waals surface area contributed by atoms with E-state index >= 15 is 0 Å². The number of benzene rings is 7. The molecule has 9 rings (SSSR count). The van der Waals surface area contributed by atoms with Gasteiger partial charge in [-0.05, 0) is 71.3 Å². The van der Waals surface area contributed by atoms with E-state index in [4.69, 9.17) is 6.57 Å². The van der Waals surface area contributed by atoms with Gasteiger partial charge in [-0.2, -0.15) is 10.5 Å². The monoisotopic (exact) mass is 635 g/mol. The summed E-state index contributed by atoms with van der Waals surface area (Å²) in [6.45, 7) is 7.70. The van der Waals surface area contributed by atoms with Crippen LogP contribution in [0.25, 0.3) is 82.1 Å². The predicted molar refractivity (Wildman–Crippen MR) is 202 cm³/mol. The van der Waals surface area contributed by atoms with E-state index in [1.54, 1.807) is 0 Å². The molecule has 50 heavy (non-hydrogen) atoms. The first kappa shape index (κ1) is 28.8. The molecule has 2 heterocycles. The predicted octanol–water partition coefficient (Wildman–Crippen LogP) is 11.5. The van der Waals surface area contributed by atoms with E-state index in [1.807, 2.05) is 72.8 Å². The fourth-order valence-electron chi connectivity index (χ4n) is 7.44. The first-order valence-electron chi connectivity index (χ1n) is 16.3. The first-order chi connectivity index (χ1) is 24.7. The molecular weight excluding hydrogens is 611 g/mol. The van der Waals surface area contributed by atoms with Crippen molar-refractivity contribution in [1.29, 1.82) is 10.5 Å². The van der Waals surface area contributed by atoms with Gasteiger partial charge < -0.3 is 9.13 Å². The number of aromatic nitrogens is 2. The summed E-state index contributed by atoms with van der Waals surface area (Å²) < 4.78 is 4.38. The van der Waals surface area contributed by atoms with Crippen LogP contribution >= 0.6 is 0 Å². The summed E-state index contributed by atoms with van der Waals surface area (Å²) in [5.41, 5.74) is 11.5. The van der Waals surface area contributed by atoms with Crippen molar-refractivity contribution < 1.29 is 0 Å². The lowest BCUT2D eigenvalue weighted by atomic mass is 9.92. The van der Waals surface area contributed by atoms with Crippen molar-refractivity contribution in [2.24, 2.45) is 0 Å². The maximum absolute atomic E-state index is 10.6. The Bertz CT molecular complexity index is 2970. The van der Waals surface area contributed by atoms with Gasteiger partial charge in [-0.15, -0.1) is 0 Å². The summed E-state index contributed by atoms with van der Waals surface area (Å²) in [6.07, 6.45) is 0. The number of nitriles is 2. The number of nitrogens with zero attached hydrogens (tertiary/aromatic N) is 5. The Morgan fingerprint density at radius 3 is 1.82 bits per heavy atom. The minimum Gasteiger partial charge on any atom is -0.310 e. The molecule has 5 nitrogen and oxygen atoms in total. The van der Waals surface area contributed by atoms with Gasteiger partial charge in [0.2, 0.25) is 0 Å². The minimum absolute atomic E-state index is 0.548. The van der Waals surface area contributed by atoms with Crippen molar-refractivity contribution in [3.63, 3.8) is 0 Å². The Hall–Kier alpha value is -7.39. The highest BCUT2D eigenvalue weighted by Crippen LogP contribution is 2.41. The largest absolute Gasteiger partial charge is 0.310 e. The molecule has 0 spiro atoms. The van der Waals surface area contributed by atoms with Crippen molar-refractivity contribution in [2.45, 2.75) is 0 Å². The van der Waals surface area contributed by atoms with Crippen LogP contribution in [0.2, 0.25) is 0 Å². The van der Waals surface area contributed by atoms with Gasteiger partial charge in [0.25, 0.3) is 0 Å². The lowest BCUT2D eigenvalue weighted by Gasteiger charge is -2.18. The third kappa shape index (κ3) is 4.31. The maximum Gasteiger partial charge on any atom is 0.189 e. The molecule has 230 valence electrons. The van der Waals surface area contributed by atoms with Crippen LogP contribution in [0, 0.1) is 29.2 Å². The summed E-state index contributed by atoms with van der Waals surface area (Å²) >= 11 is 0. The SMILES string of the molecule is [C-]#[N+]c1ccc2c3ccccc3n(-c3ccccc3-c3ccccc3-c3ccc(-n4c5ccccc5c5cc(C#N)ccc54)c(C#N)c3)c2c1. The van der Waals surface area contributed by atoms with Gasteiger partial charge >= 0.3 is 0 Å². The van der Waals surface area contributed by atoms with E-state index in [9.17, 15) is 10.5 Å². The fraction of sp³-hybridized carbons (Fsp3) is 0. The van der Waals surface area contributed by atoms with E-state index in [-0.39, 0.29) is 0 Å². The molecule has 0 atom stereocenters. The van der Waals surface area contributed by atoms with Gasteiger partial charge in [-0.3, -0.25) is 0 Å². The highest BCUT2D eigenvalue weighted by atomic mass is 15.0. The quantitative estimate of drug-likeness (QED) is 0.181. The second-order valence-corrected chi connectivity index (χ2v) is 12.3. The van der Waals surface area contributed by atoms with Crippen LogP contribution in [0.15, 0.2) is 152 Å². The van der Waals surface area contributed by atoms with Crippen LogP contribution in [-0.2, 0) is 0 Å². The van der Waals surface area contributed by atoms with E-state index in [0.29, 0.717) is 16.8 Å². The summed E-state index contributed by atoms with van der Waals surface area (Å²) in [4.78, 5) is 3.74. The smallest absolute Gasteiger partial charge is 0.189 e. The van der Waals surface area contributed by atoms with Crippen LogP contribution in [0.5, 0.6) is 0 Å². The standard InChI is InChI=1S/C45H25N5/c1-48-32-20-21-38-36-13-5-8-16-42(36)50(45(38)26-32)41-15-7-4-12-35(41)34-11-3-2-10-33(34)30-19-23-40(31(25-30)28-47)49-43-17-9-6-14-37(43)39-24-29(27-46)18-22-44(39)49/h2-26H. The van der Waals surface area contributed by atoms with Gasteiger partial charge in [0.15, 0.2) is 5.69 Å². The molecule has 0 unspecified atom stereocenters. The van der Waals surface area contributed by atoms with Gasteiger partial charge in [0.05, 0.1) is 51.7 Å². The summed E-state index contributed by atoms with van der Waals surface area (Å²) in [5.74, 6) is 0. The molecule has 5 heteroatoms.